The molecule has 1 saturated heterocycles. The summed E-state index contributed by atoms with van der Waals surface area (Å²) in [6.45, 7) is 6.43. The number of amides is 1. The van der Waals surface area contributed by atoms with E-state index in [1.54, 1.807) is 0 Å². The van der Waals surface area contributed by atoms with E-state index in [9.17, 15) is 4.79 Å². The molecule has 28 heavy (non-hydrogen) atoms. The van der Waals surface area contributed by atoms with Crippen LogP contribution in [0.15, 0.2) is 54.6 Å². The number of hydrogen-bond acceptors (Lipinski definition) is 2. The van der Waals surface area contributed by atoms with Gasteiger partial charge in [0.2, 0.25) is 5.91 Å². The zero-order chi connectivity index (χ0) is 19.6. The van der Waals surface area contributed by atoms with Crippen molar-refractivity contribution in [3.8, 4) is 0 Å². The van der Waals surface area contributed by atoms with E-state index in [4.69, 9.17) is 0 Å². The Labute approximate surface area is 169 Å². The summed E-state index contributed by atoms with van der Waals surface area (Å²) in [7, 11) is 0. The highest BCUT2D eigenvalue weighted by Crippen LogP contribution is 2.44. The fourth-order valence-corrected chi connectivity index (χ4v) is 4.61. The first-order valence-corrected chi connectivity index (χ1v) is 10.8. The maximum Gasteiger partial charge on any atom is 0.230 e. The van der Waals surface area contributed by atoms with Gasteiger partial charge in [0, 0.05) is 24.8 Å². The number of carbonyl (C=O) groups is 1. The highest BCUT2D eigenvalue weighted by atomic mass is 16.2. The topological polar surface area (TPSA) is 32.3 Å². The second-order valence-corrected chi connectivity index (χ2v) is 8.78. The van der Waals surface area contributed by atoms with E-state index >= 15 is 0 Å². The molecular formula is C25H32N2O. The molecule has 4 rings (SSSR count). The van der Waals surface area contributed by atoms with Crippen molar-refractivity contribution in [3.63, 3.8) is 0 Å². The summed E-state index contributed by atoms with van der Waals surface area (Å²) in [4.78, 5) is 15.7. The van der Waals surface area contributed by atoms with Crippen LogP contribution in [0.25, 0.3) is 0 Å². The Balaban J connectivity index is 1.39. The summed E-state index contributed by atoms with van der Waals surface area (Å²) in [6.07, 6.45) is 5.13. The van der Waals surface area contributed by atoms with Crippen LogP contribution in [0, 0.1) is 0 Å². The van der Waals surface area contributed by atoms with Crippen LogP contribution in [-0.4, -0.2) is 25.0 Å². The van der Waals surface area contributed by atoms with E-state index in [1.807, 2.05) is 0 Å². The van der Waals surface area contributed by atoms with Gasteiger partial charge in [0.05, 0.1) is 5.41 Å². The Bertz CT molecular complexity index is 785. The van der Waals surface area contributed by atoms with Gasteiger partial charge in [0.1, 0.15) is 0 Å². The zero-order valence-electron chi connectivity index (χ0n) is 17.2. The van der Waals surface area contributed by atoms with E-state index in [0.717, 1.165) is 45.2 Å². The predicted molar refractivity (Wildman–Crippen MR) is 116 cm³/mol. The highest BCUT2D eigenvalue weighted by Gasteiger charge is 2.46. The standard InChI is InChI=1S/C25H32N2O/c1-19(2)20-9-11-21(12-10-20)25(15-6-16-25)24(28)26-22-13-17-27(18-14-22)23-7-4-3-5-8-23/h3-5,7-12,19,22H,6,13-18H2,1-2H3,(H,26,28). The molecule has 0 atom stereocenters. The van der Waals surface area contributed by atoms with Gasteiger partial charge in [0.25, 0.3) is 0 Å². The molecule has 1 saturated carbocycles. The largest absolute Gasteiger partial charge is 0.371 e. The molecule has 2 aliphatic rings. The van der Waals surface area contributed by atoms with E-state index in [2.05, 4.69) is 78.7 Å². The molecule has 0 spiro atoms. The van der Waals surface area contributed by atoms with Crippen molar-refractivity contribution in [2.45, 2.75) is 63.3 Å². The molecule has 3 nitrogen and oxygen atoms in total. The number of anilines is 1. The summed E-state index contributed by atoms with van der Waals surface area (Å²) in [5.74, 6) is 0.768. The fourth-order valence-electron chi connectivity index (χ4n) is 4.61. The average Bonchev–Trinajstić information content (AvgIpc) is 2.69. The molecule has 0 aromatic heterocycles. The molecule has 2 aromatic rings. The first kappa shape index (κ1) is 19.0. The van der Waals surface area contributed by atoms with Crippen LogP contribution in [0.2, 0.25) is 0 Å². The van der Waals surface area contributed by atoms with Gasteiger partial charge in [-0.2, -0.15) is 0 Å². The van der Waals surface area contributed by atoms with Gasteiger partial charge in [-0.3, -0.25) is 4.79 Å². The van der Waals surface area contributed by atoms with Crippen molar-refractivity contribution < 1.29 is 4.79 Å². The first-order chi connectivity index (χ1) is 13.6. The lowest BCUT2D eigenvalue weighted by Gasteiger charge is -2.43. The number of benzene rings is 2. The van der Waals surface area contributed by atoms with Crippen LogP contribution in [0.4, 0.5) is 5.69 Å². The second kappa shape index (κ2) is 7.98. The Hall–Kier alpha value is -2.29. The lowest BCUT2D eigenvalue weighted by molar-refractivity contribution is -0.130. The third-order valence-corrected chi connectivity index (χ3v) is 6.72. The molecule has 148 valence electrons. The fraction of sp³-hybridized carbons (Fsp3) is 0.480. The molecule has 2 fully saturated rings. The van der Waals surface area contributed by atoms with Crippen LogP contribution in [0.3, 0.4) is 0 Å². The van der Waals surface area contributed by atoms with Gasteiger partial charge in [-0.1, -0.05) is 62.7 Å². The minimum absolute atomic E-state index is 0.245. The van der Waals surface area contributed by atoms with Gasteiger partial charge in [-0.25, -0.2) is 0 Å². The average molecular weight is 377 g/mol. The molecule has 1 amide bonds. The van der Waals surface area contributed by atoms with Gasteiger partial charge in [-0.05, 0) is 54.9 Å². The van der Waals surface area contributed by atoms with E-state index in [0.29, 0.717) is 12.0 Å². The molecule has 0 radical (unpaired) electrons. The Morgan fingerprint density at radius 2 is 1.64 bits per heavy atom. The summed E-state index contributed by atoms with van der Waals surface area (Å²) in [5.41, 5.74) is 3.52. The number of rotatable bonds is 5. The van der Waals surface area contributed by atoms with Crippen molar-refractivity contribution in [2.24, 2.45) is 0 Å². The minimum Gasteiger partial charge on any atom is -0.371 e. The lowest BCUT2D eigenvalue weighted by atomic mass is 9.63. The SMILES string of the molecule is CC(C)c1ccc(C2(C(=O)NC3CCN(c4ccccc4)CC3)CCC2)cc1. The Morgan fingerprint density at radius 1 is 1.00 bits per heavy atom. The number of hydrogen-bond donors (Lipinski definition) is 1. The maximum atomic E-state index is 13.3. The lowest BCUT2D eigenvalue weighted by Crippen LogP contribution is -2.54. The van der Waals surface area contributed by atoms with Crippen LogP contribution < -0.4 is 10.2 Å². The van der Waals surface area contributed by atoms with Gasteiger partial charge in [0.15, 0.2) is 0 Å². The molecule has 1 heterocycles. The van der Waals surface area contributed by atoms with Crippen molar-refractivity contribution >= 4 is 11.6 Å². The predicted octanol–water partition coefficient (Wildman–Crippen LogP) is 5.02. The number of piperidine rings is 1. The maximum absolute atomic E-state index is 13.3. The monoisotopic (exact) mass is 376 g/mol. The molecule has 2 aromatic carbocycles. The summed E-state index contributed by atoms with van der Waals surface area (Å²) < 4.78 is 0. The Kier molecular flexibility index (Phi) is 5.43. The molecule has 0 unspecified atom stereocenters. The van der Waals surface area contributed by atoms with Crippen LogP contribution in [0.5, 0.6) is 0 Å². The van der Waals surface area contributed by atoms with Crippen molar-refractivity contribution in [2.75, 3.05) is 18.0 Å². The van der Waals surface area contributed by atoms with Crippen LogP contribution in [-0.2, 0) is 10.2 Å². The third kappa shape index (κ3) is 3.67. The normalized spacial score (nSPS) is 19.3. The number of carbonyl (C=O) groups excluding carboxylic acids is 1. The first-order valence-electron chi connectivity index (χ1n) is 10.8. The van der Waals surface area contributed by atoms with E-state index in [-0.39, 0.29) is 11.3 Å². The molecule has 1 aliphatic carbocycles. The zero-order valence-corrected chi connectivity index (χ0v) is 17.2. The minimum atomic E-state index is -0.300. The van der Waals surface area contributed by atoms with Gasteiger partial charge >= 0.3 is 0 Å². The molecule has 1 aliphatic heterocycles. The van der Waals surface area contributed by atoms with E-state index < -0.39 is 0 Å². The Morgan fingerprint density at radius 3 is 2.18 bits per heavy atom. The number of nitrogens with zero attached hydrogens (tertiary/aromatic N) is 1. The molecule has 0 bridgehead atoms. The third-order valence-electron chi connectivity index (χ3n) is 6.72. The quantitative estimate of drug-likeness (QED) is 0.795. The molecule has 3 heteroatoms. The molecular weight excluding hydrogens is 344 g/mol. The van der Waals surface area contributed by atoms with Crippen molar-refractivity contribution in [1.29, 1.82) is 0 Å². The number of nitrogens with one attached hydrogen (secondary N) is 1. The summed E-state index contributed by atoms with van der Waals surface area (Å²) >= 11 is 0. The van der Waals surface area contributed by atoms with Crippen LogP contribution in [0.1, 0.15) is 63.0 Å². The highest BCUT2D eigenvalue weighted by molar-refractivity contribution is 5.89. The summed E-state index contributed by atoms with van der Waals surface area (Å²) in [5, 5.41) is 3.40. The smallest absolute Gasteiger partial charge is 0.230 e. The van der Waals surface area contributed by atoms with E-state index in [1.165, 1.54) is 16.8 Å². The second-order valence-electron chi connectivity index (χ2n) is 8.78. The number of para-hydroxylation sites is 1. The van der Waals surface area contributed by atoms with Crippen molar-refractivity contribution in [3.05, 3.63) is 65.7 Å². The van der Waals surface area contributed by atoms with Gasteiger partial charge in [-0.15, -0.1) is 0 Å². The summed E-state index contributed by atoms with van der Waals surface area (Å²) in [6, 6.07) is 19.6. The van der Waals surface area contributed by atoms with Crippen molar-refractivity contribution in [1.82, 2.24) is 5.32 Å². The van der Waals surface area contributed by atoms with Crippen LogP contribution >= 0.6 is 0 Å². The van der Waals surface area contributed by atoms with Gasteiger partial charge < -0.3 is 10.2 Å². The molecule has 1 N–H and O–H groups in total.